The van der Waals surface area contributed by atoms with E-state index in [9.17, 15) is 14.0 Å². The summed E-state index contributed by atoms with van der Waals surface area (Å²) in [5, 5.41) is 9.07. The van der Waals surface area contributed by atoms with Gasteiger partial charge in [-0.15, -0.1) is 0 Å². The number of aliphatic carboxylic acids is 1. The summed E-state index contributed by atoms with van der Waals surface area (Å²) in [6, 6.07) is 4.26. The predicted molar refractivity (Wildman–Crippen MR) is 73.9 cm³/mol. The smallest absolute Gasteiger partial charge is 0.331 e. The van der Waals surface area contributed by atoms with Crippen LogP contribution < -0.4 is 0 Å². The van der Waals surface area contributed by atoms with Crippen LogP contribution >= 0.6 is 11.6 Å². The molecule has 0 radical (unpaired) electrons. The summed E-state index contributed by atoms with van der Waals surface area (Å²) in [4.78, 5) is 24.1. The first kappa shape index (κ1) is 16.2. The van der Waals surface area contributed by atoms with Crippen LogP contribution in [0.2, 0.25) is 5.02 Å². The van der Waals surface area contributed by atoms with Crippen molar-refractivity contribution in [3.8, 4) is 0 Å². The Labute approximate surface area is 121 Å². The van der Waals surface area contributed by atoms with Crippen LogP contribution in [0.3, 0.4) is 0 Å². The molecule has 0 saturated heterocycles. The number of amides is 1. The van der Waals surface area contributed by atoms with Gasteiger partial charge in [-0.25, -0.2) is 9.18 Å². The molecule has 0 aliphatic heterocycles. The molecule has 0 heterocycles. The average Bonchev–Trinajstić information content (AvgIpc) is 2.40. The largest absolute Gasteiger partial charge is 0.478 e. The number of carboxylic acids is 1. The molecule has 1 aromatic rings. The van der Waals surface area contributed by atoms with Gasteiger partial charge in [0.2, 0.25) is 5.91 Å². The molecule has 0 unspecified atom stereocenters. The monoisotopic (exact) mass is 299 g/mol. The lowest BCUT2D eigenvalue weighted by Gasteiger charge is -2.19. The van der Waals surface area contributed by atoms with E-state index < -0.39 is 17.7 Å². The number of likely N-dealkylation sites (N-methyl/N-ethyl adjacent to an activating group) is 1. The Bertz CT molecular complexity index is 564. The van der Waals surface area contributed by atoms with Crippen molar-refractivity contribution >= 4 is 23.5 Å². The highest BCUT2D eigenvalue weighted by molar-refractivity contribution is 6.31. The van der Waals surface area contributed by atoms with Crippen LogP contribution in [0, 0.1) is 5.82 Å². The van der Waals surface area contributed by atoms with E-state index >= 15 is 0 Å². The van der Waals surface area contributed by atoms with Crippen LogP contribution in [0.4, 0.5) is 4.39 Å². The second-order valence-corrected chi connectivity index (χ2v) is 4.82. The Kier molecular flexibility index (Phi) is 5.27. The zero-order chi connectivity index (χ0) is 15.4. The van der Waals surface area contributed by atoms with Crippen molar-refractivity contribution in [3.63, 3.8) is 0 Å². The maximum Gasteiger partial charge on any atom is 0.331 e. The van der Waals surface area contributed by atoms with Gasteiger partial charge in [0.15, 0.2) is 0 Å². The van der Waals surface area contributed by atoms with Crippen molar-refractivity contribution < 1.29 is 19.1 Å². The Morgan fingerprint density at radius 2 is 1.90 bits per heavy atom. The Hall–Kier alpha value is -1.88. The van der Waals surface area contributed by atoms with Gasteiger partial charge in [-0.3, -0.25) is 4.79 Å². The fourth-order valence-electron chi connectivity index (χ4n) is 1.60. The summed E-state index contributed by atoms with van der Waals surface area (Å²) in [7, 11) is 1.46. The van der Waals surface area contributed by atoms with Crippen LogP contribution in [0.5, 0.6) is 0 Å². The van der Waals surface area contributed by atoms with Crippen molar-refractivity contribution in [1.29, 1.82) is 0 Å². The predicted octanol–water partition coefficient (Wildman–Crippen LogP) is 2.86. The highest BCUT2D eigenvalue weighted by Crippen LogP contribution is 2.21. The van der Waals surface area contributed by atoms with Gasteiger partial charge in [0.1, 0.15) is 5.82 Å². The minimum absolute atomic E-state index is 0.0332. The van der Waals surface area contributed by atoms with E-state index in [1.807, 2.05) is 0 Å². The third kappa shape index (κ3) is 3.57. The minimum atomic E-state index is -1.16. The van der Waals surface area contributed by atoms with Gasteiger partial charge < -0.3 is 10.0 Å². The van der Waals surface area contributed by atoms with Crippen molar-refractivity contribution in [2.24, 2.45) is 0 Å². The van der Waals surface area contributed by atoms with Gasteiger partial charge in [0.25, 0.3) is 0 Å². The SMILES string of the molecule is CC(C(=O)O)=C(C)C(=O)N(C)Cc1c(F)cccc1Cl. The van der Waals surface area contributed by atoms with Gasteiger partial charge in [-0.1, -0.05) is 17.7 Å². The maximum absolute atomic E-state index is 13.6. The van der Waals surface area contributed by atoms with E-state index in [2.05, 4.69) is 0 Å². The standard InChI is InChI=1S/C14H15ClFNO3/c1-8(9(2)14(19)20)13(18)17(3)7-10-11(15)5-4-6-12(10)16/h4-6H,7H2,1-3H3,(H,19,20). The number of hydrogen-bond acceptors (Lipinski definition) is 2. The molecule has 0 aliphatic carbocycles. The summed E-state index contributed by atoms with van der Waals surface area (Å²) in [6.45, 7) is 2.74. The molecule has 6 heteroatoms. The van der Waals surface area contributed by atoms with Gasteiger partial charge in [-0.2, -0.15) is 0 Å². The summed E-state index contributed by atoms with van der Waals surface area (Å²) in [5.74, 6) is -2.15. The Balaban J connectivity index is 2.97. The van der Waals surface area contributed by atoms with Crippen LogP contribution in [0.25, 0.3) is 0 Å². The zero-order valence-corrected chi connectivity index (χ0v) is 12.2. The molecule has 1 aromatic carbocycles. The molecule has 108 valence electrons. The quantitative estimate of drug-likeness (QED) is 0.870. The van der Waals surface area contributed by atoms with E-state index in [0.29, 0.717) is 0 Å². The Morgan fingerprint density at radius 1 is 1.30 bits per heavy atom. The fraction of sp³-hybridized carbons (Fsp3) is 0.286. The first-order valence-corrected chi connectivity index (χ1v) is 6.22. The number of nitrogens with zero attached hydrogens (tertiary/aromatic N) is 1. The summed E-state index contributed by atoms with van der Waals surface area (Å²) in [5.41, 5.74) is 0.264. The molecule has 1 amide bonds. The van der Waals surface area contributed by atoms with Crippen molar-refractivity contribution in [2.45, 2.75) is 20.4 Å². The van der Waals surface area contributed by atoms with Gasteiger partial charge >= 0.3 is 5.97 Å². The molecule has 1 N–H and O–H groups in total. The van der Waals surface area contributed by atoms with Gasteiger partial charge in [-0.05, 0) is 26.0 Å². The number of halogens is 2. The molecule has 0 aromatic heterocycles. The van der Waals surface area contributed by atoms with Gasteiger partial charge in [0, 0.05) is 35.3 Å². The fourth-order valence-corrected chi connectivity index (χ4v) is 1.82. The Morgan fingerprint density at radius 3 is 2.40 bits per heavy atom. The molecule has 1 rings (SSSR count). The lowest BCUT2D eigenvalue weighted by Crippen LogP contribution is -2.28. The molecule has 0 saturated carbocycles. The van der Waals surface area contributed by atoms with Crippen LogP contribution in [0.1, 0.15) is 19.4 Å². The maximum atomic E-state index is 13.6. The summed E-state index contributed by atoms with van der Waals surface area (Å²) in [6.07, 6.45) is 0. The molecule has 0 fully saturated rings. The normalized spacial score (nSPS) is 11.8. The molecule has 0 aliphatic rings. The topological polar surface area (TPSA) is 57.6 Å². The van der Waals surface area contributed by atoms with E-state index in [1.54, 1.807) is 0 Å². The minimum Gasteiger partial charge on any atom is -0.478 e. The first-order valence-electron chi connectivity index (χ1n) is 5.84. The lowest BCUT2D eigenvalue weighted by atomic mass is 10.1. The number of carbonyl (C=O) groups excluding carboxylic acids is 1. The number of hydrogen-bond donors (Lipinski definition) is 1. The van der Waals surface area contributed by atoms with E-state index in [4.69, 9.17) is 16.7 Å². The number of benzene rings is 1. The van der Waals surface area contributed by atoms with E-state index in [1.165, 1.54) is 44.0 Å². The van der Waals surface area contributed by atoms with E-state index in [-0.39, 0.29) is 28.3 Å². The first-order chi connectivity index (χ1) is 9.25. The van der Waals surface area contributed by atoms with Crippen LogP contribution in [0.15, 0.2) is 29.3 Å². The molecule has 4 nitrogen and oxygen atoms in total. The molecule has 20 heavy (non-hydrogen) atoms. The summed E-state index contributed by atoms with van der Waals surface area (Å²) < 4.78 is 13.6. The van der Waals surface area contributed by atoms with Crippen LogP contribution in [-0.4, -0.2) is 28.9 Å². The number of carbonyl (C=O) groups is 2. The number of carboxylic acid groups (broad SMARTS) is 1. The molecular weight excluding hydrogens is 285 g/mol. The molecule has 0 atom stereocenters. The van der Waals surface area contributed by atoms with Crippen molar-refractivity contribution in [2.75, 3.05) is 7.05 Å². The van der Waals surface area contributed by atoms with E-state index in [0.717, 1.165) is 0 Å². The average molecular weight is 300 g/mol. The highest BCUT2D eigenvalue weighted by Gasteiger charge is 2.18. The molecule has 0 bridgehead atoms. The second kappa shape index (κ2) is 6.52. The second-order valence-electron chi connectivity index (χ2n) is 4.42. The third-order valence-electron chi connectivity index (χ3n) is 3.01. The highest BCUT2D eigenvalue weighted by atomic mass is 35.5. The van der Waals surface area contributed by atoms with Crippen LogP contribution in [-0.2, 0) is 16.1 Å². The zero-order valence-electron chi connectivity index (χ0n) is 11.4. The molecule has 0 spiro atoms. The van der Waals surface area contributed by atoms with Crippen molar-refractivity contribution in [1.82, 2.24) is 4.90 Å². The number of rotatable bonds is 4. The molecular formula is C14H15ClFNO3. The summed E-state index contributed by atoms with van der Waals surface area (Å²) >= 11 is 5.89. The lowest BCUT2D eigenvalue weighted by molar-refractivity contribution is -0.133. The van der Waals surface area contributed by atoms with Crippen molar-refractivity contribution in [3.05, 3.63) is 45.7 Å². The third-order valence-corrected chi connectivity index (χ3v) is 3.36. The van der Waals surface area contributed by atoms with Gasteiger partial charge in [0.05, 0.1) is 0 Å².